The quantitative estimate of drug-likeness (QED) is 0.722. The average molecular weight is 366 g/mol. The van der Waals surface area contributed by atoms with Gasteiger partial charge in [-0.25, -0.2) is 0 Å². The number of amides is 1. The Kier molecular flexibility index (Phi) is 4.94. The third kappa shape index (κ3) is 3.73. The Labute approximate surface area is 158 Å². The number of H-pyrrole nitrogens is 1. The van der Waals surface area contributed by atoms with Crippen molar-refractivity contribution < 1.29 is 4.79 Å². The second-order valence-electron chi connectivity index (χ2n) is 7.41. The van der Waals surface area contributed by atoms with Gasteiger partial charge in [0.15, 0.2) is 0 Å². The Bertz CT molecular complexity index is 935. The number of benzene rings is 1. The zero-order valence-corrected chi connectivity index (χ0v) is 15.7. The van der Waals surface area contributed by atoms with Gasteiger partial charge >= 0.3 is 0 Å². The van der Waals surface area contributed by atoms with Crippen LogP contribution in [-0.2, 0) is 24.3 Å². The van der Waals surface area contributed by atoms with E-state index in [1.54, 1.807) is 0 Å². The first-order valence-electron chi connectivity index (χ1n) is 9.57. The molecule has 0 aliphatic carbocycles. The van der Waals surface area contributed by atoms with Crippen molar-refractivity contribution in [3.63, 3.8) is 0 Å². The summed E-state index contributed by atoms with van der Waals surface area (Å²) in [5.74, 6) is 0.740. The minimum atomic E-state index is 0.215. The molecule has 0 unspecified atom stereocenters. The lowest BCUT2D eigenvalue weighted by molar-refractivity contribution is -0.131. The summed E-state index contributed by atoms with van der Waals surface area (Å²) in [6.45, 7) is 4.92. The first-order valence-corrected chi connectivity index (χ1v) is 9.57. The normalized spacial score (nSPS) is 15.6. The minimum Gasteiger partial charge on any atom is -0.358 e. The van der Waals surface area contributed by atoms with Crippen LogP contribution in [0.3, 0.4) is 0 Å². The zero-order chi connectivity index (χ0) is 18.8. The number of fused-ring (bicyclic) bond motifs is 1. The molecule has 0 bridgehead atoms. The highest BCUT2D eigenvalue weighted by molar-refractivity contribution is 5.90. The number of carbonyl (C=O) groups excluding carboxylic acids is 1. The van der Waals surface area contributed by atoms with Crippen molar-refractivity contribution in [3.05, 3.63) is 47.4 Å². The molecule has 7 nitrogen and oxygen atoms in total. The van der Waals surface area contributed by atoms with Crippen LogP contribution in [0.2, 0.25) is 0 Å². The monoisotopic (exact) mass is 366 g/mol. The van der Waals surface area contributed by atoms with Crippen LogP contribution in [-0.4, -0.2) is 43.9 Å². The highest BCUT2D eigenvalue weighted by Crippen LogP contribution is 2.24. The highest BCUT2D eigenvalue weighted by atomic mass is 16.2. The molecule has 1 amide bonds. The van der Waals surface area contributed by atoms with Crippen molar-refractivity contribution in [2.75, 3.05) is 13.1 Å². The molecular formula is C20H26N6O. The summed E-state index contributed by atoms with van der Waals surface area (Å²) in [7, 11) is 0. The fraction of sp³-hybridized carbons (Fsp3) is 0.450. The maximum absolute atomic E-state index is 12.8. The van der Waals surface area contributed by atoms with E-state index in [1.807, 2.05) is 34.8 Å². The van der Waals surface area contributed by atoms with Crippen LogP contribution in [0.1, 0.15) is 29.8 Å². The second-order valence-corrected chi connectivity index (χ2v) is 7.41. The lowest BCUT2D eigenvalue weighted by atomic mass is 9.96. The van der Waals surface area contributed by atoms with Gasteiger partial charge in [0.1, 0.15) is 0 Å². The van der Waals surface area contributed by atoms with Gasteiger partial charge in [0.25, 0.3) is 0 Å². The van der Waals surface area contributed by atoms with Gasteiger partial charge in [-0.2, -0.15) is 0 Å². The van der Waals surface area contributed by atoms with Crippen LogP contribution >= 0.6 is 0 Å². The molecule has 0 spiro atoms. The number of para-hydroxylation sites is 1. The van der Waals surface area contributed by atoms with Crippen molar-refractivity contribution in [1.82, 2.24) is 24.9 Å². The number of nitrogens with two attached hydrogens (primary N) is 1. The summed E-state index contributed by atoms with van der Waals surface area (Å²) in [6.07, 6.45) is 4.37. The van der Waals surface area contributed by atoms with Crippen LogP contribution < -0.4 is 5.73 Å². The van der Waals surface area contributed by atoms with Gasteiger partial charge in [0, 0.05) is 49.0 Å². The number of hydrogen-bond donors (Lipinski definition) is 2. The van der Waals surface area contributed by atoms with E-state index in [2.05, 4.69) is 27.4 Å². The van der Waals surface area contributed by atoms with Gasteiger partial charge in [-0.05, 0) is 37.3 Å². The van der Waals surface area contributed by atoms with Crippen LogP contribution in [0, 0.1) is 12.8 Å². The Morgan fingerprint density at radius 1 is 1.30 bits per heavy atom. The smallest absolute Gasteiger partial charge is 0.227 e. The van der Waals surface area contributed by atoms with Crippen molar-refractivity contribution in [3.8, 4) is 0 Å². The van der Waals surface area contributed by atoms with Gasteiger partial charge < -0.3 is 15.6 Å². The summed E-state index contributed by atoms with van der Waals surface area (Å²) >= 11 is 0. The Balaban J connectivity index is 1.35. The molecule has 4 rings (SSSR count). The number of nitrogens with one attached hydrogen (secondary N) is 1. The maximum atomic E-state index is 12.8. The van der Waals surface area contributed by atoms with Gasteiger partial charge in [-0.1, -0.05) is 23.4 Å². The third-order valence-corrected chi connectivity index (χ3v) is 5.56. The molecule has 0 atom stereocenters. The lowest BCUT2D eigenvalue weighted by Gasteiger charge is -2.32. The summed E-state index contributed by atoms with van der Waals surface area (Å²) < 4.78 is 1.87. The molecule has 27 heavy (non-hydrogen) atoms. The SMILES string of the molecule is Cc1[nH]c2ccccc2c1CC(=O)N1CCC(Cn2cc(CN)nn2)CC1. The number of rotatable bonds is 5. The minimum absolute atomic E-state index is 0.215. The summed E-state index contributed by atoms with van der Waals surface area (Å²) in [5, 5.41) is 9.32. The van der Waals surface area contributed by atoms with Crippen molar-refractivity contribution in [2.45, 2.75) is 39.3 Å². The molecule has 1 fully saturated rings. The number of aromatic amines is 1. The fourth-order valence-electron chi connectivity index (χ4n) is 3.98. The standard InChI is InChI=1S/C20H26N6O/c1-14-18(17-4-2-3-5-19(17)22-14)10-20(27)25-8-6-15(7-9-25)12-26-13-16(11-21)23-24-26/h2-5,13,15,22H,6-12,21H2,1H3. The molecule has 142 valence electrons. The number of aryl methyl sites for hydroxylation is 1. The molecule has 3 aromatic rings. The Morgan fingerprint density at radius 2 is 2.07 bits per heavy atom. The van der Waals surface area contributed by atoms with Crippen molar-refractivity contribution in [2.24, 2.45) is 11.7 Å². The summed E-state index contributed by atoms with van der Waals surface area (Å²) in [4.78, 5) is 18.2. The van der Waals surface area contributed by atoms with Crippen LogP contribution in [0.25, 0.3) is 10.9 Å². The number of nitrogens with zero attached hydrogens (tertiary/aromatic N) is 4. The summed E-state index contributed by atoms with van der Waals surface area (Å²) in [6, 6.07) is 8.18. The molecule has 0 saturated carbocycles. The summed E-state index contributed by atoms with van der Waals surface area (Å²) in [5.41, 5.74) is 9.71. The van der Waals surface area contributed by atoms with Gasteiger partial charge in [0.2, 0.25) is 5.91 Å². The topological polar surface area (TPSA) is 92.8 Å². The van der Waals surface area contributed by atoms with E-state index in [4.69, 9.17) is 5.73 Å². The van der Waals surface area contributed by atoms with Gasteiger partial charge in [0.05, 0.1) is 12.1 Å². The predicted molar refractivity (Wildman–Crippen MR) is 104 cm³/mol. The first kappa shape index (κ1) is 17.7. The number of likely N-dealkylation sites (tertiary alicyclic amines) is 1. The third-order valence-electron chi connectivity index (χ3n) is 5.56. The van der Waals surface area contributed by atoms with E-state index in [1.165, 1.54) is 0 Å². The molecule has 0 radical (unpaired) electrons. The van der Waals surface area contributed by atoms with Crippen LogP contribution in [0.4, 0.5) is 0 Å². The van der Waals surface area contributed by atoms with Crippen molar-refractivity contribution >= 4 is 16.8 Å². The van der Waals surface area contributed by atoms with Gasteiger partial charge in [-0.3, -0.25) is 9.48 Å². The molecule has 2 aromatic heterocycles. The molecule has 3 heterocycles. The zero-order valence-electron chi connectivity index (χ0n) is 15.7. The molecular weight excluding hydrogens is 340 g/mol. The maximum Gasteiger partial charge on any atom is 0.227 e. The van der Waals surface area contributed by atoms with E-state index in [0.717, 1.165) is 60.3 Å². The largest absolute Gasteiger partial charge is 0.358 e. The molecule has 3 N–H and O–H groups in total. The van der Waals surface area contributed by atoms with E-state index in [-0.39, 0.29) is 5.91 Å². The molecule has 1 aliphatic heterocycles. The number of hydrogen-bond acceptors (Lipinski definition) is 4. The Hall–Kier alpha value is -2.67. The number of piperidine rings is 1. The predicted octanol–water partition coefficient (Wildman–Crippen LogP) is 2.01. The first-order chi connectivity index (χ1) is 13.1. The highest BCUT2D eigenvalue weighted by Gasteiger charge is 2.24. The lowest BCUT2D eigenvalue weighted by Crippen LogP contribution is -2.40. The van der Waals surface area contributed by atoms with E-state index < -0.39 is 0 Å². The average Bonchev–Trinajstić information content (AvgIpc) is 3.26. The van der Waals surface area contributed by atoms with Crippen molar-refractivity contribution in [1.29, 1.82) is 0 Å². The number of carbonyl (C=O) groups is 1. The molecule has 1 aromatic carbocycles. The molecule has 7 heteroatoms. The van der Waals surface area contributed by atoms with Crippen LogP contribution in [0.15, 0.2) is 30.5 Å². The van der Waals surface area contributed by atoms with E-state index >= 15 is 0 Å². The Morgan fingerprint density at radius 3 is 2.81 bits per heavy atom. The second kappa shape index (κ2) is 7.52. The molecule has 1 aliphatic rings. The van der Waals surface area contributed by atoms with Crippen LogP contribution in [0.5, 0.6) is 0 Å². The van der Waals surface area contributed by atoms with E-state index in [9.17, 15) is 4.79 Å². The van der Waals surface area contributed by atoms with Gasteiger partial charge in [-0.15, -0.1) is 5.10 Å². The number of aromatic nitrogens is 4. The fourth-order valence-corrected chi connectivity index (χ4v) is 3.98. The molecule has 1 saturated heterocycles. The van der Waals surface area contributed by atoms with E-state index in [0.29, 0.717) is 18.9 Å².